The molecule has 31 heavy (non-hydrogen) atoms. The number of hydrogen-bond acceptors (Lipinski definition) is 3. The van der Waals surface area contributed by atoms with Crippen molar-refractivity contribution in [2.75, 3.05) is 5.32 Å². The summed E-state index contributed by atoms with van der Waals surface area (Å²) in [4.78, 5) is 22.1. The Kier molecular flexibility index (Phi) is 15.0. The number of anilines is 1. The molecule has 0 saturated heterocycles. The van der Waals surface area contributed by atoms with E-state index >= 15 is 0 Å². The van der Waals surface area contributed by atoms with E-state index in [9.17, 15) is 14.9 Å². The van der Waals surface area contributed by atoms with Crippen LogP contribution < -0.4 is 5.32 Å². The molecule has 5 heteroatoms. The fourth-order valence-corrected chi connectivity index (χ4v) is 2.83. The van der Waals surface area contributed by atoms with E-state index in [1.54, 1.807) is 12.1 Å². The van der Waals surface area contributed by atoms with Gasteiger partial charge in [0.1, 0.15) is 0 Å². The summed E-state index contributed by atoms with van der Waals surface area (Å²) in [6, 6.07) is 5.86. The maximum Gasteiger partial charge on any atom is 0.269 e. The number of nitro groups is 1. The molecule has 1 amide bonds. The standard InChI is InChI=1S/C26H36N2O3/c1-2-3-4-5-6-7-8-9-10-11-12-13-14-15-16-17-18-19-26(29)27-24-20-22-25(23-21-24)28(30)31/h6-7,9-10,12-13,15-16,20-23H,2-5,8,11,14,17-19H2,1H3,(H,27,29)/b7-6+,10-9+,13-12+,16-15-. The number of nitro benzene ring substituents is 1. The van der Waals surface area contributed by atoms with Crippen molar-refractivity contribution in [3.8, 4) is 0 Å². The lowest BCUT2D eigenvalue weighted by atomic mass is 10.2. The smallest absolute Gasteiger partial charge is 0.269 e. The molecule has 168 valence electrons. The van der Waals surface area contributed by atoms with Crippen LogP contribution in [0.4, 0.5) is 11.4 Å². The fraction of sp³-hybridized carbons (Fsp3) is 0.423. The normalized spacial score (nSPS) is 11.9. The maximum absolute atomic E-state index is 11.9. The number of nitrogens with one attached hydrogen (secondary N) is 1. The lowest BCUT2D eigenvalue weighted by Gasteiger charge is -2.04. The number of rotatable bonds is 16. The zero-order valence-corrected chi connectivity index (χ0v) is 18.7. The Hall–Kier alpha value is -2.95. The minimum Gasteiger partial charge on any atom is -0.326 e. The first-order chi connectivity index (χ1) is 15.1. The fourth-order valence-electron chi connectivity index (χ4n) is 2.83. The molecule has 0 aliphatic rings. The Bertz CT molecular complexity index is 746. The van der Waals surface area contributed by atoms with Crippen LogP contribution in [0.2, 0.25) is 0 Å². The maximum atomic E-state index is 11.9. The highest BCUT2D eigenvalue weighted by atomic mass is 16.6. The molecule has 0 unspecified atom stereocenters. The zero-order valence-electron chi connectivity index (χ0n) is 18.7. The molecule has 0 bridgehead atoms. The van der Waals surface area contributed by atoms with E-state index in [2.05, 4.69) is 60.8 Å². The molecular weight excluding hydrogens is 388 g/mol. The van der Waals surface area contributed by atoms with Crippen molar-refractivity contribution < 1.29 is 9.72 Å². The van der Waals surface area contributed by atoms with Crippen molar-refractivity contribution in [3.05, 3.63) is 83.0 Å². The summed E-state index contributed by atoms with van der Waals surface area (Å²) in [6.07, 6.45) is 27.5. The predicted octanol–water partition coefficient (Wildman–Crippen LogP) is 7.68. The Balaban J connectivity index is 2.03. The van der Waals surface area contributed by atoms with E-state index in [-0.39, 0.29) is 11.6 Å². The zero-order chi connectivity index (χ0) is 22.6. The number of unbranched alkanes of at least 4 members (excludes halogenated alkanes) is 4. The van der Waals surface area contributed by atoms with E-state index in [1.807, 2.05) is 0 Å². The second kappa shape index (κ2) is 17.9. The van der Waals surface area contributed by atoms with Crippen LogP contribution in [0.1, 0.15) is 71.1 Å². The van der Waals surface area contributed by atoms with E-state index in [1.165, 1.54) is 37.8 Å². The Morgan fingerprint density at radius 2 is 1.35 bits per heavy atom. The molecule has 0 aromatic heterocycles. The minimum atomic E-state index is -0.460. The first-order valence-corrected chi connectivity index (χ1v) is 11.3. The first-order valence-electron chi connectivity index (χ1n) is 11.3. The summed E-state index contributed by atoms with van der Waals surface area (Å²) in [5, 5.41) is 13.4. The molecule has 5 nitrogen and oxygen atoms in total. The molecule has 0 aliphatic heterocycles. The van der Waals surface area contributed by atoms with Crippen molar-refractivity contribution in [2.45, 2.75) is 71.1 Å². The molecule has 0 spiro atoms. The van der Waals surface area contributed by atoms with Gasteiger partial charge in [-0.15, -0.1) is 0 Å². The molecule has 0 saturated carbocycles. The molecule has 0 atom stereocenters. The van der Waals surface area contributed by atoms with Crippen molar-refractivity contribution >= 4 is 17.3 Å². The molecule has 1 aromatic carbocycles. The van der Waals surface area contributed by atoms with Crippen LogP contribution in [-0.2, 0) is 4.79 Å². The van der Waals surface area contributed by atoms with Gasteiger partial charge in [0.15, 0.2) is 0 Å². The number of hydrogen-bond donors (Lipinski definition) is 1. The number of amides is 1. The summed E-state index contributed by atoms with van der Waals surface area (Å²) in [5.74, 6) is -0.0789. The van der Waals surface area contributed by atoms with Gasteiger partial charge in [0.05, 0.1) is 4.92 Å². The summed E-state index contributed by atoms with van der Waals surface area (Å²) < 4.78 is 0. The van der Waals surface area contributed by atoms with Crippen LogP contribution >= 0.6 is 0 Å². The highest BCUT2D eigenvalue weighted by Crippen LogP contribution is 2.15. The van der Waals surface area contributed by atoms with Gasteiger partial charge in [-0.25, -0.2) is 0 Å². The molecule has 1 aromatic rings. The van der Waals surface area contributed by atoms with Crippen LogP contribution in [0.15, 0.2) is 72.9 Å². The molecule has 1 rings (SSSR count). The Morgan fingerprint density at radius 3 is 1.87 bits per heavy atom. The summed E-state index contributed by atoms with van der Waals surface area (Å²) in [7, 11) is 0. The van der Waals surface area contributed by atoms with Crippen molar-refractivity contribution in [2.24, 2.45) is 0 Å². The first kappa shape index (κ1) is 26.1. The quantitative estimate of drug-likeness (QED) is 0.128. The van der Waals surface area contributed by atoms with Crippen LogP contribution in [0, 0.1) is 10.1 Å². The van der Waals surface area contributed by atoms with Crippen LogP contribution in [0.25, 0.3) is 0 Å². The molecular formula is C26H36N2O3. The van der Waals surface area contributed by atoms with Gasteiger partial charge in [0.25, 0.3) is 5.69 Å². The van der Waals surface area contributed by atoms with Gasteiger partial charge >= 0.3 is 0 Å². The third-order valence-corrected chi connectivity index (χ3v) is 4.59. The van der Waals surface area contributed by atoms with Crippen LogP contribution in [0.3, 0.4) is 0 Å². The molecule has 0 fully saturated rings. The number of benzene rings is 1. The van der Waals surface area contributed by atoms with Gasteiger partial charge in [-0.1, -0.05) is 68.4 Å². The number of non-ortho nitro benzene ring substituents is 1. The van der Waals surface area contributed by atoms with Gasteiger partial charge in [0.2, 0.25) is 5.91 Å². The van der Waals surface area contributed by atoms with Gasteiger partial charge in [-0.3, -0.25) is 14.9 Å². The summed E-state index contributed by atoms with van der Waals surface area (Å²) in [6.45, 7) is 2.23. The molecule has 0 aliphatic carbocycles. The van der Waals surface area contributed by atoms with Gasteiger partial charge in [0, 0.05) is 24.2 Å². The summed E-state index contributed by atoms with van der Waals surface area (Å²) in [5.41, 5.74) is 0.590. The Labute approximate surface area is 186 Å². The largest absolute Gasteiger partial charge is 0.326 e. The SMILES string of the molecule is CCCCC/C=C/C/C=C/C/C=C/C/C=C\CCCC(=O)Nc1ccc([N+](=O)[O-])cc1. The Morgan fingerprint density at radius 1 is 0.839 bits per heavy atom. The highest BCUT2D eigenvalue weighted by Gasteiger charge is 2.06. The average Bonchev–Trinajstić information content (AvgIpc) is 2.76. The lowest BCUT2D eigenvalue weighted by Crippen LogP contribution is -2.10. The summed E-state index contributed by atoms with van der Waals surface area (Å²) >= 11 is 0. The monoisotopic (exact) mass is 424 g/mol. The topological polar surface area (TPSA) is 72.2 Å². The van der Waals surface area contributed by atoms with Crippen LogP contribution in [-0.4, -0.2) is 10.8 Å². The van der Waals surface area contributed by atoms with Gasteiger partial charge in [-0.2, -0.15) is 0 Å². The highest BCUT2D eigenvalue weighted by molar-refractivity contribution is 5.90. The van der Waals surface area contributed by atoms with Gasteiger partial charge < -0.3 is 5.32 Å². The van der Waals surface area contributed by atoms with Crippen LogP contribution in [0.5, 0.6) is 0 Å². The third kappa shape index (κ3) is 14.6. The number of nitrogens with zero attached hydrogens (tertiary/aromatic N) is 1. The van der Waals surface area contributed by atoms with E-state index in [0.29, 0.717) is 12.1 Å². The van der Waals surface area contributed by atoms with Crippen molar-refractivity contribution in [1.29, 1.82) is 0 Å². The van der Waals surface area contributed by atoms with E-state index < -0.39 is 4.92 Å². The number of carbonyl (C=O) groups is 1. The number of carbonyl (C=O) groups excluding carboxylic acids is 1. The van der Waals surface area contributed by atoms with Crippen molar-refractivity contribution in [3.63, 3.8) is 0 Å². The second-order valence-corrected chi connectivity index (χ2v) is 7.33. The van der Waals surface area contributed by atoms with E-state index in [4.69, 9.17) is 0 Å². The van der Waals surface area contributed by atoms with Gasteiger partial charge in [-0.05, 0) is 57.1 Å². The third-order valence-electron chi connectivity index (χ3n) is 4.59. The predicted molar refractivity (Wildman–Crippen MR) is 130 cm³/mol. The van der Waals surface area contributed by atoms with E-state index in [0.717, 1.165) is 32.1 Å². The molecule has 1 N–H and O–H groups in total. The molecule has 0 radical (unpaired) electrons. The van der Waals surface area contributed by atoms with Crippen molar-refractivity contribution in [1.82, 2.24) is 0 Å². The second-order valence-electron chi connectivity index (χ2n) is 7.33. The lowest BCUT2D eigenvalue weighted by molar-refractivity contribution is -0.384. The minimum absolute atomic E-state index is 0.0125. The number of allylic oxidation sites excluding steroid dienone is 8. The average molecular weight is 425 g/mol. The molecule has 0 heterocycles.